The number of imidazole rings is 1. The molecule has 0 radical (unpaired) electrons. The maximum Gasteiger partial charge on any atom is 0.0977 e. The van der Waals surface area contributed by atoms with Crippen molar-refractivity contribution in [1.82, 2.24) is 19.4 Å². The Morgan fingerprint density at radius 3 is 2.58 bits per heavy atom. The summed E-state index contributed by atoms with van der Waals surface area (Å²) in [6.45, 7) is 8.77. The number of likely N-dealkylation sites (tertiary alicyclic amines) is 1. The Hall–Kier alpha value is -1.72. The highest BCUT2D eigenvalue weighted by atomic mass is 16.5. The first-order chi connectivity index (χ1) is 12.4. The van der Waals surface area contributed by atoms with E-state index in [-0.39, 0.29) is 11.2 Å². The lowest BCUT2D eigenvalue weighted by atomic mass is 9.83. The number of aromatic nitrogens is 3. The Balaban J connectivity index is 1.81. The summed E-state index contributed by atoms with van der Waals surface area (Å²) in [6, 6.07) is 4.58. The van der Waals surface area contributed by atoms with Crippen LogP contribution in [0.25, 0.3) is 0 Å². The lowest BCUT2D eigenvalue weighted by molar-refractivity contribution is -0.174. The van der Waals surface area contributed by atoms with E-state index in [0.717, 1.165) is 38.8 Å². The summed E-state index contributed by atoms with van der Waals surface area (Å²) in [5.74, 6) is 0. The standard InChI is InChI=1S/C21H32N4O/c1-5-19(25-14-11-23-17-25)15-20(2,3)26-21(8-12-24(4)13-9-21)18-7-6-10-22-16-18/h6-7,10-11,14,16-17,19H,5,8-9,12-13,15H2,1-4H3. The first kappa shape index (κ1) is 19.1. The van der Waals surface area contributed by atoms with Crippen molar-refractivity contribution < 1.29 is 4.74 Å². The van der Waals surface area contributed by atoms with Crippen molar-refractivity contribution in [1.29, 1.82) is 0 Å². The molecule has 0 N–H and O–H groups in total. The Kier molecular flexibility index (Phi) is 5.78. The zero-order valence-electron chi connectivity index (χ0n) is 16.6. The fourth-order valence-corrected chi connectivity index (χ4v) is 4.15. The van der Waals surface area contributed by atoms with Crippen molar-refractivity contribution in [2.24, 2.45) is 0 Å². The Morgan fingerprint density at radius 2 is 2.00 bits per heavy atom. The zero-order chi connectivity index (χ0) is 18.6. The third-order valence-electron chi connectivity index (χ3n) is 5.60. The molecule has 5 nitrogen and oxygen atoms in total. The number of hydrogen-bond donors (Lipinski definition) is 0. The number of hydrogen-bond acceptors (Lipinski definition) is 4. The number of ether oxygens (including phenoxy) is 1. The molecule has 1 unspecified atom stereocenters. The van der Waals surface area contributed by atoms with E-state index in [9.17, 15) is 0 Å². The fourth-order valence-electron chi connectivity index (χ4n) is 4.15. The SMILES string of the molecule is CCC(CC(C)(C)OC1(c2cccnc2)CCN(C)CC1)n1ccnc1. The highest BCUT2D eigenvalue weighted by molar-refractivity contribution is 5.20. The first-order valence-corrected chi connectivity index (χ1v) is 9.71. The minimum atomic E-state index is -0.252. The van der Waals surface area contributed by atoms with Gasteiger partial charge in [0, 0.05) is 49.5 Å². The lowest BCUT2D eigenvalue weighted by Crippen LogP contribution is -2.47. The van der Waals surface area contributed by atoms with E-state index in [1.54, 1.807) is 0 Å². The molecular weight excluding hydrogens is 324 g/mol. The van der Waals surface area contributed by atoms with E-state index in [4.69, 9.17) is 4.74 Å². The van der Waals surface area contributed by atoms with Crippen LogP contribution in [0.4, 0.5) is 0 Å². The van der Waals surface area contributed by atoms with Crippen molar-refractivity contribution in [3.8, 4) is 0 Å². The monoisotopic (exact) mass is 356 g/mol. The van der Waals surface area contributed by atoms with Gasteiger partial charge in [0.2, 0.25) is 0 Å². The van der Waals surface area contributed by atoms with Crippen LogP contribution < -0.4 is 0 Å². The Bertz CT molecular complexity index is 661. The van der Waals surface area contributed by atoms with Gasteiger partial charge in [0.25, 0.3) is 0 Å². The number of nitrogens with zero attached hydrogens (tertiary/aromatic N) is 4. The molecule has 142 valence electrons. The third-order valence-corrected chi connectivity index (χ3v) is 5.60. The van der Waals surface area contributed by atoms with Crippen LogP contribution in [0, 0.1) is 0 Å². The Labute approximate surface area is 157 Å². The molecule has 0 saturated carbocycles. The van der Waals surface area contributed by atoms with Crippen LogP contribution in [0.2, 0.25) is 0 Å². The second-order valence-electron chi connectivity index (χ2n) is 8.18. The van der Waals surface area contributed by atoms with Gasteiger partial charge in [-0.1, -0.05) is 13.0 Å². The van der Waals surface area contributed by atoms with Crippen molar-refractivity contribution in [2.45, 2.75) is 63.7 Å². The highest BCUT2D eigenvalue weighted by Crippen LogP contribution is 2.41. The molecule has 2 aromatic heterocycles. The van der Waals surface area contributed by atoms with Gasteiger partial charge in [-0.2, -0.15) is 0 Å². The van der Waals surface area contributed by atoms with E-state index in [0.29, 0.717) is 6.04 Å². The van der Waals surface area contributed by atoms with Crippen LogP contribution in [0.1, 0.15) is 58.1 Å². The number of piperidine rings is 1. The van der Waals surface area contributed by atoms with Crippen LogP contribution >= 0.6 is 0 Å². The average Bonchev–Trinajstić information content (AvgIpc) is 3.17. The maximum atomic E-state index is 6.93. The minimum Gasteiger partial charge on any atom is -0.364 e. The highest BCUT2D eigenvalue weighted by Gasteiger charge is 2.41. The molecule has 1 aliphatic heterocycles. The summed E-state index contributed by atoms with van der Waals surface area (Å²) in [5.41, 5.74) is 0.714. The van der Waals surface area contributed by atoms with Crippen LogP contribution in [0.3, 0.4) is 0 Å². The zero-order valence-corrected chi connectivity index (χ0v) is 16.6. The van der Waals surface area contributed by atoms with Gasteiger partial charge in [0.15, 0.2) is 0 Å². The molecule has 1 atom stereocenters. The molecule has 0 spiro atoms. The van der Waals surface area contributed by atoms with E-state index in [2.05, 4.69) is 59.5 Å². The molecule has 0 bridgehead atoms. The van der Waals surface area contributed by atoms with E-state index < -0.39 is 0 Å². The summed E-state index contributed by atoms with van der Waals surface area (Å²) in [6.07, 6.45) is 13.7. The van der Waals surface area contributed by atoms with Gasteiger partial charge in [-0.05, 0) is 52.6 Å². The largest absolute Gasteiger partial charge is 0.364 e. The first-order valence-electron chi connectivity index (χ1n) is 9.71. The van der Waals surface area contributed by atoms with Gasteiger partial charge in [0.05, 0.1) is 17.5 Å². The predicted octanol–water partition coefficient (Wildman–Crippen LogP) is 4.04. The van der Waals surface area contributed by atoms with Gasteiger partial charge < -0.3 is 14.2 Å². The lowest BCUT2D eigenvalue weighted by Gasteiger charge is -2.46. The molecule has 1 saturated heterocycles. The van der Waals surface area contributed by atoms with Crippen molar-refractivity contribution in [2.75, 3.05) is 20.1 Å². The van der Waals surface area contributed by atoms with Gasteiger partial charge in [0.1, 0.15) is 0 Å². The molecule has 1 aliphatic rings. The molecule has 5 heteroatoms. The molecule has 3 heterocycles. The predicted molar refractivity (Wildman–Crippen MR) is 104 cm³/mol. The van der Waals surface area contributed by atoms with Crippen LogP contribution in [0.5, 0.6) is 0 Å². The minimum absolute atomic E-state index is 0.239. The smallest absolute Gasteiger partial charge is 0.0977 e. The van der Waals surface area contributed by atoms with E-state index >= 15 is 0 Å². The van der Waals surface area contributed by atoms with Crippen molar-refractivity contribution in [3.05, 3.63) is 48.8 Å². The second-order valence-corrected chi connectivity index (χ2v) is 8.18. The molecular formula is C21H32N4O. The molecule has 0 aliphatic carbocycles. The molecule has 2 aromatic rings. The van der Waals surface area contributed by atoms with Gasteiger partial charge >= 0.3 is 0 Å². The van der Waals surface area contributed by atoms with Gasteiger partial charge in [-0.15, -0.1) is 0 Å². The molecule has 26 heavy (non-hydrogen) atoms. The van der Waals surface area contributed by atoms with Crippen LogP contribution in [0.15, 0.2) is 43.2 Å². The van der Waals surface area contributed by atoms with Crippen LogP contribution in [-0.2, 0) is 10.3 Å². The number of rotatable bonds is 7. The molecule has 1 fully saturated rings. The van der Waals surface area contributed by atoms with Crippen molar-refractivity contribution >= 4 is 0 Å². The van der Waals surface area contributed by atoms with Gasteiger partial charge in [-0.3, -0.25) is 4.98 Å². The van der Waals surface area contributed by atoms with Crippen LogP contribution in [-0.4, -0.2) is 45.2 Å². The fraction of sp³-hybridized carbons (Fsp3) is 0.619. The second kappa shape index (κ2) is 7.89. The van der Waals surface area contributed by atoms with Gasteiger partial charge in [-0.25, -0.2) is 4.98 Å². The summed E-state index contributed by atoms with van der Waals surface area (Å²) in [4.78, 5) is 11.0. The summed E-state index contributed by atoms with van der Waals surface area (Å²) >= 11 is 0. The topological polar surface area (TPSA) is 43.2 Å². The summed E-state index contributed by atoms with van der Waals surface area (Å²) in [5, 5.41) is 0. The molecule has 0 amide bonds. The summed E-state index contributed by atoms with van der Waals surface area (Å²) < 4.78 is 9.14. The quantitative estimate of drug-likeness (QED) is 0.751. The normalized spacial score (nSPS) is 19.4. The van der Waals surface area contributed by atoms with E-state index in [1.807, 2.05) is 31.0 Å². The molecule has 0 aromatic carbocycles. The number of pyridine rings is 1. The molecule has 3 rings (SSSR count). The third kappa shape index (κ3) is 4.33. The average molecular weight is 357 g/mol. The maximum absolute atomic E-state index is 6.93. The van der Waals surface area contributed by atoms with E-state index in [1.165, 1.54) is 5.56 Å². The Morgan fingerprint density at radius 1 is 1.23 bits per heavy atom. The summed E-state index contributed by atoms with van der Waals surface area (Å²) in [7, 11) is 2.18. The van der Waals surface area contributed by atoms with Crippen molar-refractivity contribution in [3.63, 3.8) is 0 Å².